The molecule has 1 nitrogen and oxygen atoms in total. The van der Waals surface area contributed by atoms with Crippen molar-refractivity contribution in [1.29, 1.82) is 0 Å². The van der Waals surface area contributed by atoms with Crippen molar-refractivity contribution in [3.63, 3.8) is 0 Å². The minimum absolute atomic E-state index is 0.470. The molecule has 46 valence electrons. The van der Waals surface area contributed by atoms with Gasteiger partial charge in [-0.1, -0.05) is 34.7 Å². The maximum Gasteiger partial charge on any atom is 0.160 e. The summed E-state index contributed by atoms with van der Waals surface area (Å²) < 4.78 is 0.470. The summed E-state index contributed by atoms with van der Waals surface area (Å²) in [6, 6.07) is 0. The predicted molar refractivity (Wildman–Crippen MR) is 52.1 cm³/mol. The standard InChI is InChI=1S/C6H7BIN/c7-6-5(8)3-1-2-4-9-6/h1-5H,7H2. The predicted octanol–water partition coefficient (Wildman–Crippen LogP) is 0.905. The molecule has 1 atom stereocenters. The van der Waals surface area contributed by atoms with Gasteiger partial charge >= 0.3 is 0 Å². The fraction of sp³-hybridized carbons (Fsp3) is 0.167. The molecule has 0 aromatic rings. The molecule has 3 heteroatoms. The number of hydrogen-bond donors (Lipinski definition) is 0. The lowest BCUT2D eigenvalue weighted by atomic mass is 9.98. The van der Waals surface area contributed by atoms with E-state index in [9.17, 15) is 0 Å². The Morgan fingerprint density at radius 2 is 2.33 bits per heavy atom. The van der Waals surface area contributed by atoms with Crippen LogP contribution in [0.25, 0.3) is 0 Å². The van der Waals surface area contributed by atoms with E-state index < -0.39 is 0 Å². The Kier molecular flexibility index (Phi) is 2.51. The van der Waals surface area contributed by atoms with Gasteiger partial charge in [-0.05, 0) is 11.7 Å². The third-order valence-corrected chi connectivity index (χ3v) is 2.47. The van der Waals surface area contributed by atoms with Crippen molar-refractivity contribution in [1.82, 2.24) is 0 Å². The van der Waals surface area contributed by atoms with Crippen LogP contribution in [0.4, 0.5) is 0 Å². The topological polar surface area (TPSA) is 12.4 Å². The molecule has 1 heterocycles. The van der Waals surface area contributed by atoms with Gasteiger partial charge in [0.1, 0.15) is 0 Å². The van der Waals surface area contributed by atoms with Gasteiger partial charge in [-0.2, -0.15) is 0 Å². The van der Waals surface area contributed by atoms with E-state index >= 15 is 0 Å². The zero-order chi connectivity index (χ0) is 6.69. The monoisotopic (exact) mass is 231 g/mol. The highest BCUT2D eigenvalue weighted by Crippen LogP contribution is 2.06. The van der Waals surface area contributed by atoms with Gasteiger partial charge in [-0.15, -0.1) is 0 Å². The third kappa shape index (κ3) is 1.97. The van der Waals surface area contributed by atoms with Gasteiger partial charge in [-0.25, -0.2) is 0 Å². The summed E-state index contributed by atoms with van der Waals surface area (Å²) in [4.78, 5) is 4.17. The summed E-state index contributed by atoms with van der Waals surface area (Å²) in [7, 11) is 2.04. The Morgan fingerprint density at radius 3 is 3.11 bits per heavy atom. The fourth-order valence-corrected chi connectivity index (χ4v) is 0.983. The zero-order valence-electron chi connectivity index (χ0n) is 5.21. The Labute approximate surface area is 69.5 Å². The highest BCUT2D eigenvalue weighted by atomic mass is 127. The van der Waals surface area contributed by atoms with E-state index in [0.29, 0.717) is 3.92 Å². The largest absolute Gasteiger partial charge is 0.275 e. The molecule has 1 aliphatic heterocycles. The molecule has 0 amide bonds. The van der Waals surface area contributed by atoms with Gasteiger partial charge in [0.25, 0.3) is 0 Å². The van der Waals surface area contributed by atoms with E-state index in [2.05, 4.69) is 33.7 Å². The van der Waals surface area contributed by atoms with Crippen molar-refractivity contribution in [2.75, 3.05) is 0 Å². The van der Waals surface area contributed by atoms with Crippen LogP contribution in [0.5, 0.6) is 0 Å². The summed E-state index contributed by atoms with van der Waals surface area (Å²) in [5.74, 6) is 0. The highest BCUT2D eigenvalue weighted by Gasteiger charge is 2.01. The molecule has 1 unspecified atom stereocenters. The van der Waals surface area contributed by atoms with Crippen LogP contribution in [-0.2, 0) is 0 Å². The van der Waals surface area contributed by atoms with Gasteiger partial charge in [0.2, 0.25) is 0 Å². The average molecular weight is 231 g/mol. The second-order valence-electron chi connectivity index (χ2n) is 1.90. The van der Waals surface area contributed by atoms with E-state index in [-0.39, 0.29) is 0 Å². The van der Waals surface area contributed by atoms with Crippen molar-refractivity contribution in [2.45, 2.75) is 3.92 Å². The van der Waals surface area contributed by atoms with E-state index in [1.807, 2.05) is 26.2 Å². The highest BCUT2D eigenvalue weighted by molar-refractivity contribution is 14.1. The van der Waals surface area contributed by atoms with E-state index in [4.69, 9.17) is 0 Å². The number of alkyl halides is 1. The average Bonchev–Trinajstić information content (AvgIpc) is 1.99. The van der Waals surface area contributed by atoms with Crippen molar-refractivity contribution in [3.8, 4) is 0 Å². The lowest BCUT2D eigenvalue weighted by molar-refractivity contribution is 1.53. The fourth-order valence-electron chi connectivity index (χ4n) is 0.582. The van der Waals surface area contributed by atoms with E-state index in [1.165, 1.54) is 5.61 Å². The maximum atomic E-state index is 4.17. The second-order valence-corrected chi connectivity index (χ2v) is 3.24. The SMILES string of the molecule is BC1=NC=CC=CC1I. The van der Waals surface area contributed by atoms with Crippen molar-refractivity contribution in [3.05, 3.63) is 24.4 Å². The number of allylic oxidation sites excluding steroid dienone is 3. The van der Waals surface area contributed by atoms with Crippen LogP contribution in [0.2, 0.25) is 0 Å². The van der Waals surface area contributed by atoms with Crippen LogP contribution < -0.4 is 0 Å². The Balaban J connectivity index is 2.80. The molecule has 1 rings (SSSR count). The molecule has 0 radical (unpaired) electrons. The molecule has 0 saturated carbocycles. The maximum absolute atomic E-state index is 4.17. The minimum atomic E-state index is 0.470. The molecular formula is C6H7BIN. The van der Waals surface area contributed by atoms with Crippen LogP contribution in [0.3, 0.4) is 0 Å². The summed E-state index contributed by atoms with van der Waals surface area (Å²) in [6.45, 7) is 0. The normalized spacial score (nSPS) is 25.4. The number of rotatable bonds is 0. The van der Waals surface area contributed by atoms with Gasteiger partial charge in [0.15, 0.2) is 7.85 Å². The van der Waals surface area contributed by atoms with Crippen molar-refractivity contribution >= 4 is 36.0 Å². The van der Waals surface area contributed by atoms with Crippen molar-refractivity contribution < 1.29 is 0 Å². The number of aliphatic imine (C=N–C) groups is 1. The van der Waals surface area contributed by atoms with Crippen molar-refractivity contribution in [2.24, 2.45) is 4.99 Å². The molecular weight excluding hydrogens is 224 g/mol. The smallest absolute Gasteiger partial charge is 0.160 e. The summed E-state index contributed by atoms with van der Waals surface area (Å²) in [5.41, 5.74) is 1.17. The van der Waals surface area contributed by atoms with Crippen LogP contribution >= 0.6 is 22.6 Å². The van der Waals surface area contributed by atoms with E-state index in [1.54, 1.807) is 0 Å². The minimum Gasteiger partial charge on any atom is -0.275 e. The number of hydrogen-bond acceptors (Lipinski definition) is 1. The first-order valence-electron chi connectivity index (χ1n) is 2.82. The molecule has 0 aromatic heterocycles. The Hall–Kier alpha value is -0.0551. The molecule has 0 bridgehead atoms. The molecule has 1 aliphatic rings. The molecule has 0 saturated heterocycles. The number of nitrogens with zero attached hydrogens (tertiary/aromatic N) is 1. The molecule has 0 spiro atoms. The molecule has 0 aromatic carbocycles. The van der Waals surface area contributed by atoms with Gasteiger partial charge in [-0.3, -0.25) is 4.99 Å². The Bertz CT molecular complexity index is 183. The lowest BCUT2D eigenvalue weighted by Crippen LogP contribution is -2.09. The van der Waals surface area contributed by atoms with E-state index in [0.717, 1.165) is 0 Å². The lowest BCUT2D eigenvalue weighted by Gasteiger charge is -1.98. The van der Waals surface area contributed by atoms with Gasteiger partial charge in [0.05, 0.1) is 3.92 Å². The molecule has 0 aliphatic carbocycles. The van der Waals surface area contributed by atoms with Gasteiger partial charge in [0, 0.05) is 6.20 Å². The van der Waals surface area contributed by atoms with Crippen LogP contribution in [0.1, 0.15) is 0 Å². The van der Waals surface area contributed by atoms with Crippen LogP contribution in [-0.4, -0.2) is 17.4 Å². The first-order valence-corrected chi connectivity index (χ1v) is 4.07. The first kappa shape index (κ1) is 7.06. The van der Waals surface area contributed by atoms with Crippen LogP contribution in [0, 0.1) is 0 Å². The summed E-state index contributed by atoms with van der Waals surface area (Å²) >= 11 is 2.35. The number of halogens is 1. The summed E-state index contributed by atoms with van der Waals surface area (Å²) in [5, 5.41) is 0. The molecule has 9 heavy (non-hydrogen) atoms. The third-order valence-electron chi connectivity index (χ3n) is 1.15. The van der Waals surface area contributed by atoms with Crippen LogP contribution in [0.15, 0.2) is 29.4 Å². The molecule has 0 fully saturated rings. The zero-order valence-corrected chi connectivity index (χ0v) is 7.37. The first-order chi connectivity index (χ1) is 4.30. The second kappa shape index (κ2) is 3.20. The summed E-state index contributed by atoms with van der Waals surface area (Å²) in [6.07, 6.45) is 7.92. The van der Waals surface area contributed by atoms with Gasteiger partial charge < -0.3 is 0 Å². The Morgan fingerprint density at radius 1 is 1.56 bits per heavy atom. The quantitative estimate of drug-likeness (QED) is 0.333. The molecule has 0 N–H and O–H groups in total.